The molecule has 1 heterocycles. The fourth-order valence-corrected chi connectivity index (χ4v) is 2.44. The van der Waals surface area contributed by atoms with Gasteiger partial charge in [-0.3, -0.25) is 0 Å². The first kappa shape index (κ1) is 18.4. The van der Waals surface area contributed by atoms with Gasteiger partial charge in [0.2, 0.25) is 0 Å². The molecule has 2 N–H and O–H groups in total. The Kier molecular flexibility index (Phi) is 8.18. The van der Waals surface area contributed by atoms with Crippen molar-refractivity contribution in [2.45, 2.75) is 32.3 Å². The highest BCUT2D eigenvalue weighted by Gasteiger charge is 2.12. The number of guanidine groups is 1. The summed E-state index contributed by atoms with van der Waals surface area (Å²) in [7, 11) is 0. The zero-order chi connectivity index (χ0) is 14.4. The predicted molar refractivity (Wildman–Crippen MR) is 98.9 cm³/mol. The lowest BCUT2D eigenvalue weighted by Crippen LogP contribution is -2.41. The molecular formula is C15H23ClIN3O. The van der Waals surface area contributed by atoms with E-state index in [1.165, 1.54) is 19.3 Å². The topological polar surface area (TPSA) is 50.8 Å². The van der Waals surface area contributed by atoms with E-state index < -0.39 is 0 Å². The molecular weight excluding hydrogens is 401 g/mol. The number of hydrogen-bond donors (Lipinski definition) is 1. The third-order valence-corrected chi connectivity index (χ3v) is 3.56. The first-order valence-electron chi connectivity index (χ1n) is 7.12. The van der Waals surface area contributed by atoms with Crippen LogP contribution in [0.5, 0.6) is 5.75 Å². The summed E-state index contributed by atoms with van der Waals surface area (Å²) < 4.78 is 5.77. The van der Waals surface area contributed by atoms with Crippen LogP contribution in [-0.4, -0.2) is 36.6 Å². The second-order valence-electron chi connectivity index (χ2n) is 5.13. The number of hydrogen-bond acceptors (Lipinski definition) is 2. The quantitative estimate of drug-likeness (QED) is 0.458. The van der Waals surface area contributed by atoms with Gasteiger partial charge in [0.25, 0.3) is 0 Å². The minimum absolute atomic E-state index is 0. The molecule has 0 saturated carbocycles. The van der Waals surface area contributed by atoms with E-state index in [-0.39, 0.29) is 30.1 Å². The van der Waals surface area contributed by atoms with Crippen LogP contribution in [0.4, 0.5) is 0 Å². The molecule has 4 nitrogen and oxygen atoms in total. The van der Waals surface area contributed by atoms with Gasteiger partial charge in [-0.25, -0.2) is 4.99 Å². The van der Waals surface area contributed by atoms with Crippen molar-refractivity contribution in [1.82, 2.24) is 4.90 Å². The summed E-state index contributed by atoms with van der Waals surface area (Å²) in [5.41, 5.74) is 6.01. The highest BCUT2D eigenvalue weighted by molar-refractivity contribution is 14.0. The van der Waals surface area contributed by atoms with Crippen LogP contribution in [-0.2, 0) is 0 Å². The van der Waals surface area contributed by atoms with Gasteiger partial charge in [-0.1, -0.05) is 17.7 Å². The summed E-state index contributed by atoms with van der Waals surface area (Å²) in [6.07, 6.45) is 3.66. The van der Waals surface area contributed by atoms with Crippen LogP contribution in [0.25, 0.3) is 0 Å². The van der Waals surface area contributed by atoms with Gasteiger partial charge in [0.05, 0.1) is 6.54 Å². The molecule has 0 spiro atoms. The molecule has 0 bridgehead atoms. The van der Waals surface area contributed by atoms with E-state index in [4.69, 9.17) is 22.1 Å². The number of nitrogens with two attached hydrogens (primary N) is 1. The van der Waals surface area contributed by atoms with Crippen LogP contribution in [0.15, 0.2) is 29.3 Å². The standard InChI is InChI=1S/C15H22ClN3O.HI/c1-12(20-14-7-5-6-13(16)10-14)11-18-15(17)19-8-3-2-4-9-19;/h5-7,10,12H,2-4,8-9,11H2,1H3,(H2,17,18);1H. The summed E-state index contributed by atoms with van der Waals surface area (Å²) in [6, 6.07) is 7.39. The van der Waals surface area contributed by atoms with E-state index in [0.29, 0.717) is 17.5 Å². The minimum atomic E-state index is -0.0307. The Labute approximate surface area is 148 Å². The molecule has 1 unspecified atom stereocenters. The predicted octanol–water partition coefficient (Wildman–Crippen LogP) is 3.53. The van der Waals surface area contributed by atoms with Gasteiger partial charge in [-0.2, -0.15) is 0 Å². The zero-order valence-corrected chi connectivity index (χ0v) is 15.4. The highest BCUT2D eigenvalue weighted by Crippen LogP contribution is 2.18. The molecule has 1 fully saturated rings. The van der Waals surface area contributed by atoms with E-state index in [2.05, 4.69) is 9.89 Å². The molecule has 6 heteroatoms. The van der Waals surface area contributed by atoms with Crippen molar-refractivity contribution >= 4 is 41.5 Å². The summed E-state index contributed by atoms with van der Waals surface area (Å²) in [6.45, 7) is 4.56. The van der Waals surface area contributed by atoms with Crippen LogP contribution in [0.3, 0.4) is 0 Å². The van der Waals surface area contributed by atoms with Crippen molar-refractivity contribution in [3.63, 3.8) is 0 Å². The molecule has 118 valence electrons. The Hall–Kier alpha value is -0.690. The van der Waals surface area contributed by atoms with Gasteiger partial charge >= 0.3 is 0 Å². The lowest BCUT2D eigenvalue weighted by atomic mass is 10.1. The van der Waals surface area contributed by atoms with E-state index in [1.54, 1.807) is 6.07 Å². The SMILES string of the molecule is CC(CN=C(N)N1CCCCC1)Oc1cccc(Cl)c1.I. The maximum absolute atomic E-state index is 6.01. The van der Waals surface area contributed by atoms with Crippen molar-refractivity contribution < 1.29 is 4.74 Å². The lowest BCUT2D eigenvalue weighted by Gasteiger charge is -2.27. The summed E-state index contributed by atoms with van der Waals surface area (Å²) in [5.74, 6) is 1.39. The van der Waals surface area contributed by atoms with Gasteiger partial charge in [0.15, 0.2) is 5.96 Å². The van der Waals surface area contributed by atoms with E-state index in [0.717, 1.165) is 18.8 Å². The van der Waals surface area contributed by atoms with Crippen LogP contribution >= 0.6 is 35.6 Å². The molecule has 0 amide bonds. The Balaban J connectivity index is 0.00000220. The van der Waals surface area contributed by atoms with Crippen molar-refractivity contribution in [2.24, 2.45) is 10.7 Å². The number of halogens is 2. The molecule has 0 radical (unpaired) electrons. The monoisotopic (exact) mass is 423 g/mol. The van der Waals surface area contributed by atoms with Crippen LogP contribution in [0.2, 0.25) is 5.02 Å². The average molecular weight is 424 g/mol. The maximum Gasteiger partial charge on any atom is 0.191 e. The second-order valence-corrected chi connectivity index (χ2v) is 5.57. The lowest BCUT2D eigenvalue weighted by molar-refractivity contribution is 0.229. The Morgan fingerprint density at radius 1 is 1.38 bits per heavy atom. The van der Waals surface area contributed by atoms with Crippen molar-refractivity contribution in [3.8, 4) is 5.75 Å². The number of benzene rings is 1. The van der Waals surface area contributed by atoms with Gasteiger partial charge < -0.3 is 15.4 Å². The second kappa shape index (κ2) is 9.35. The smallest absolute Gasteiger partial charge is 0.191 e. The molecule has 21 heavy (non-hydrogen) atoms. The van der Waals surface area contributed by atoms with Gasteiger partial charge in [0.1, 0.15) is 11.9 Å². The molecule has 1 saturated heterocycles. The fourth-order valence-electron chi connectivity index (χ4n) is 2.25. The molecule has 1 aliphatic heterocycles. The van der Waals surface area contributed by atoms with E-state index in [1.807, 2.05) is 25.1 Å². The normalized spacial score (nSPS) is 17.0. The number of aliphatic imine (C=N–C) groups is 1. The Morgan fingerprint density at radius 2 is 2.10 bits per heavy atom. The molecule has 0 aromatic heterocycles. The minimum Gasteiger partial charge on any atom is -0.489 e. The number of nitrogens with zero attached hydrogens (tertiary/aromatic N) is 2. The number of likely N-dealkylation sites (tertiary alicyclic amines) is 1. The van der Waals surface area contributed by atoms with Crippen molar-refractivity contribution in [3.05, 3.63) is 29.3 Å². The van der Waals surface area contributed by atoms with Crippen molar-refractivity contribution in [1.29, 1.82) is 0 Å². The zero-order valence-electron chi connectivity index (χ0n) is 12.3. The van der Waals surface area contributed by atoms with Gasteiger partial charge in [-0.15, -0.1) is 24.0 Å². The van der Waals surface area contributed by atoms with Gasteiger partial charge in [0, 0.05) is 18.1 Å². The van der Waals surface area contributed by atoms with Gasteiger partial charge in [-0.05, 0) is 44.4 Å². The van der Waals surface area contributed by atoms with Crippen LogP contribution in [0, 0.1) is 0 Å². The molecule has 1 aliphatic rings. The molecule has 1 aromatic carbocycles. The third kappa shape index (κ3) is 6.30. The summed E-state index contributed by atoms with van der Waals surface area (Å²) >= 11 is 5.92. The molecule has 1 aromatic rings. The van der Waals surface area contributed by atoms with E-state index >= 15 is 0 Å². The summed E-state index contributed by atoms with van der Waals surface area (Å²) in [4.78, 5) is 6.58. The first-order valence-corrected chi connectivity index (χ1v) is 7.50. The number of piperidine rings is 1. The third-order valence-electron chi connectivity index (χ3n) is 3.32. The van der Waals surface area contributed by atoms with E-state index in [9.17, 15) is 0 Å². The largest absolute Gasteiger partial charge is 0.489 e. The number of ether oxygens (including phenoxy) is 1. The van der Waals surface area contributed by atoms with Crippen molar-refractivity contribution in [2.75, 3.05) is 19.6 Å². The Bertz CT molecular complexity index is 464. The van der Waals surface area contributed by atoms with Crippen LogP contribution < -0.4 is 10.5 Å². The number of rotatable bonds is 4. The highest BCUT2D eigenvalue weighted by atomic mass is 127. The Morgan fingerprint density at radius 3 is 2.76 bits per heavy atom. The average Bonchev–Trinajstić information content (AvgIpc) is 2.46. The molecule has 2 rings (SSSR count). The van der Waals surface area contributed by atoms with Crippen LogP contribution in [0.1, 0.15) is 26.2 Å². The molecule has 1 atom stereocenters. The first-order chi connectivity index (χ1) is 9.65. The molecule has 0 aliphatic carbocycles. The maximum atomic E-state index is 6.01. The summed E-state index contributed by atoms with van der Waals surface area (Å²) in [5, 5.41) is 0.672. The fraction of sp³-hybridized carbons (Fsp3) is 0.533.